The Morgan fingerprint density at radius 3 is 2.35 bits per heavy atom. The molecule has 0 spiro atoms. The van der Waals surface area contributed by atoms with Crippen LogP contribution in [0.25, 0.3) is 11.1 Å². The molecule has 1 amide bonds. The van der Waals surface area contributed by atoms with Crippen LogP contribution in [0.5, 0.6) is 17.2 Å². The maximum absolute atomic E-state index is 12.7. The molecule has 160 valence electrons. The molecule has 4 rings (SSSR count). The lowest BCUT2D eigenvalue weighted by atomic mass is 9.87. The van der Waals surface area contributed by atoms with Gasteiger partial charge < -0.3 is 24.6 Å². The van der Waals surface area contributed by atoms with Gasteiger partial charge in [0.15, 0.2) is 11.5 Å². The van der Waals surface area contributed by atoms with E-state index in [4.69, 9.17) is 14.2 Å². The van der Waals surface area contributed by atoms with E-state index in [1.807, 2.05) is 36.4 Å². The monoisotopic (exact) mass is 439 g/mol. The van der Waals surface area contributed by atoms with Gasteiger partial charge in [0.05, 0.1) is 27.0 Å². The number of methoxy groups -OCH3 is 3. The summed E-state index contributed by atoms with van der Waals surface area (Å²) in [6.07, 6.45) is 0.159. The molecule has 0 saturated heterocycles. The number of ether oxygens (including phenoxy) is 3. The average molecular weight is 439 g/mol. The number of hydrogen-bond acceptors (Lipinski definition) is 6. The Hall–Kier alpha value is -3.52. The van der Waals surface area contributed by atoms with Crippen LogP contribution in [0, 0.1) is 0 Å². The first kappa shape index (κ1) is 20.7. The van der Waals surface area contributed by atoms with Gasteiger partial charge in [-0.3, -0.25) is 4.79 Å². The van der Waals surface area contributed by atoms with Gasteiger partial charge in [-0.2, -0.15) is 0 Å². The van der Waals surface area contributed by atoms with E-state index in [-0.39, 0.29) is 23.1 Å². The molecule has 7 nitrogen and oxygen atoms in total. The highest BCUT2D eigenvalue weighted by atomic mass is 32.1. The van der Waals surface area contributed by atoms with Crippen molar-refractivity contribution in [3.05, 3.63) is 57.8 Å². The molecule has 0 aliphatic carbocycles. The molecule has 0 unspecified atom stereocenters. The van der Waals surface area contributed by atoms with Gasteiger partial charge in [-0.1, -0.05) is 36.4 Å². The Labute approximate surface area is 183 Å². The first-order valence-corrected chi connectivity index (χ1v) is 10.4. The van der Waals surface area contributed by atoms with Crippen molar-refractivity contribution in [2.45, 2.75) is 12.3 Å². The van der Waals surface area contributed by atoms with E-state index in [0.717, 1.165) is 16.0 Å². The standard InChI is InChI=1S/C23H21NO6S/c1-28-15-10-9-13(19(29-2)20(15)30-3)14-11-16(25)24-18-17(12-7-5-4-6-8-12)22(23(26)27)31-21(14)18/h4-10,14H,11H2,1-3H3,(H,24,25)(H,26,27)/t14-/m1/s1. The number of hydrogen-bond donors (Lipinski definition) is 2. The van der Waals surface area contributed by atoms with Crippen LogP contribution >= 0.6 is 11.3 Å². The van der Waals surface area contributed by atoms with Crippen molar-refractivity contribution < 1.29 is 28.9 Å². The highest BCUT2D eigenvalue weighted by molar-refractivity contribution is 7.15. The SMILES string of the molecule is COc1ccc([C@H]2CC(=O)Nc3c2sc(C(=O)O)c3-c2ccccc2)c(OC)c1OC. The Morgan fingerprint density at radius 2 is 1.74 bits per heavy atom. The minimum Gasteiger partial charge on any atom is -0.493 e. The lowest BCUT2D eigenvalue weighted by molar-refractivity contribution is -0.116. The van der Waals surface area contributed by atoms with Crippen LogP contribution in [-0.4, -0.2) is 38.3 Å². The molecule has 2 heterocycles. The fourth-order valence-corrected chi connectivity index (χ4v) is 5.20. The normalized spacial score (nSPS) is 15.1. The van der Waals surface area contributed by atoms with E-state index < -0.39 is 5.97 Å². The van der Waals surface area contributed by atoms with Gasteiger partial charge in [0, 0.05) is 28.3 Å². The summed E-state index contributed by atoms with van der Waals surface area (Å²) in [5.41, 5.74) is 2.52. The zero-order chi connectivity index (χ0) is 22.1. The van der Waals surface area contributed by atoms with E-state index in [9.17, 15) is 14.7 Å². The fraction of sp³-hybridized carbons (Fsp3) is 0.217. The first-order chi connectivity index (χ1) is 15.0. The summed E-state index contributed by atoms with van der Waals surface area (Å²) < 4.78 is 16.5. The van der Waals surface area contributed by atoms with Gasteiger partial charge in [-0.05, 0) is 11.6 Å². The molecule has 0 radical (unpaired) electrons. The maximum Gasteiger partial charge on any atom is 0.346 e. The van der Waals surface area contributed by atoms with Gasteiger partial charge in [-0.15, -0.1) is 11.3 Å². The topological polar surface area (TPSA) is 94.1 Å². The van der Waals surface area contributed by atoms with Gasteiger partial charge in [0.2, 0.25) is 11.7 Å². The zero-order valence-corrected chi connectivity index (χ0v) is 18.0. The molecule has 1 aliphatic rings. The van der Waals surface area contributed by atoms with Crippen molar-refractivity contribution in [3.8, 4) is 28.4 Å². The number of aromatic carboxylic acids is 1. The second kappa shape index (κ2) is 8.31. The molecular formula is C23H21NO6S. The largest absolute Gasteiger partial charge is 0.493 e. The third-order valence-electron chi connectivity index (χ3n) is 5.27. The van der Waals surface area contributed by atoms with Crippen molar-refractivity contribution in [1.29, 1.82) is 0 Å². The predicted octanol–water partition coefficient (Wildman–Crippen LogP) is 4.61. The van der Waals surface area contributed by atoms with Crippen molar-refractivity contribution in [3.63, 3.8) is 0 Å². The summed E-state index contributed by atoms with van der Waals surface area (Å²) >= 11 is 1.17. The van der Waals surface area contributed by atoms with Crippen LogP contribution in [0.15, 0.2) is 42.5 Å². The Balaban J connectivity index is 1.96. The van der Waals surface area contributed by atoms with E-state index in [2.05, 4.69) is 5.32 Å². The van der Waals surface area contributed by atoms with Crippen molar-refractivity contribution >= 4 is 28.9 Å². The number of thiophene rings is 1. The van der Waals surface area contributed by atoms with Crippen LogP contribution in [0.4, 0.5) is 5.69 Å². The molecule has 1 aromatic heterocycles. The van der Waals surface area contributed by atoms with Crippen molar-refractivity contribution in [2.75, 3.05) is 26.6 Å². The third kappa shape index (κ3) is 3.48. The third-order valence-corrected chi connectivity index (χ3v) is 6.56. The number of carbonyl (C=O) groups is 2. The Morgan fingerprint density at radius 1 is 1.03 bits per heavy atom. The predicted molar refractivity (Wildman–Crippen MR) is 118 cm³/mol. The minimum atomic E-state index is -1.04. The molecule has 2 aromatic carbocycles. The number of benzene rings is 2. The molecule has 8 heteroatoms. The summed E-state index contributed by atoms with van der Waals surface area (Å²) in [6, 6.07) is 12.8. The molecule has 0 saturated carbocycles. The highest BCUT2D eigenvalue weighted by Gasteiger charge is 2.36. The highest BCUT2D eigenvalue weighted by Crippen LogP contribution is 2.53. The molecule has 2 N–H and O–H groups in total. The molecule has 31 heavy (non-hydrogen) atoms. The van der Waals surface area contributed by atoms with Gasteiger partial charge in [0.1, 0.15) is 4.88 Å². The number of fused-ring (bicyclic) bond motifs is 1. The summed E-state index contributed by atoms with van der Waals surface area (Å²) in [4.78, 5) is 25.7. The molecule has 3 aromatic rings. The van der Waals surface area contributed by atoms with Crippen molar-refractivity contribution in [1.82, 2.24) is 0 Å². The van der Waals surface area contributed by atoms with Crippen LogP contribution in [0.3, 0.4) is 0 Å². The number of rotatable bonds is 6. The van der Waals surface area contributed by atoms with E-state index in [1.165, 1.54) is 32.7 Å². The summed E-state index contributed by atoms with van der Waals surface area (Å²) in [7, 11) is 4.58. The van der Waals surface area contributed by atoms with E-state index in [1.54, 1.807) is 6.07 Å². The molecule has 1 aliphatic heterocycles. The van der Waals surface area contributed by atoms with Gasteiger partial charge in [0.25, 0.3) is 0 Å². The molecular weight excluding hydrogens is 418 g/mol. The molecule has 1 atom stereocenters. The lowest BCUT2D eigenvalue weighted by Crippen LogP contribution is -2.23. The van der Waals surface area contributed by atoms with Crippen LogP contribution in [0.2, 0.25) is 0 Å². The number of carbonyl (C=O) groups excluding carboxylic acids is 1. The number of carboxylic acids is 1. The lowest BCUT2D eigenvalue weighted by Gasteiger charge is -2.26. The first-order valence-electron chi connectivity index (χ1n) is 9.54. The van der Waals surface area contributed by atoms with Gasteiger partial charge in [-0.25, -0.2) is 4.79 Å². The van der Waals surface area contributed by atoms with E-state index in [0.29, 0.717) is 28.5 Å². The Bertz CT molecular complexity index is 1150. The smallest absolute Gasteiger partial charge is 0.346 e. The second-order valence-corrected chi connectivity index (χ2v) is 8.00. The number of nitrogens with one attached hydrogen (secondary N) is 1. The fourth-order valence-electron chi connectivity index (χ4n) is 3.97. The number of carboxylic acid groups (broad SMARTS) is 1. The average Bonchev–Trinajstić information content (AvgIpc) is 3.17. The van der Waals surface area contributed by atoms with E-state index >= 15 is 0 Å². The van der Waals surface area contributed by atoms with Crippen LogP contribution in [-0.2, 0) is 4.79 Å². The zero-order valence-electron chi connectivity index (χ0n) is 17.2. The maximum atomic E-state index is 12.7. The summed E-state index contributed by atoms with van der Waals surface area (Å²) in [5, 5.41) is 12.8. The quantitative estimate of drug-likeness (QED) is 0.582. The minimum absolute atomic E-state index is 0.159. The second-order valence-electron chi connectivity index (χ2n) is 6.95. The molecule has 0 bridgehead atoms. The Kier molecular flexibility index (Phi) is 5.56. The molecule has 0 fully saturated rings. The summed E-state index contributed by atoms with van der Waals surface area (Å²) in [6.45, 7) is 0. The number of amides is 1. The van der Waals surface area contributed by atoms with Crippen LogP contribution < -0.4 is 19.5 Å². The van der Waals surface area contributed by atoms with Crippen molar-refractivity contribution in [2.24, 2.45) is 0 Å². The van der Waals surface area contributed by atoms with Gasteiger partial charge >= 0.3 is 5.97 Å². The number of anilines is 1. The summed E-state index contributed by atoms with van der Waals surface area (Å²) in [5.74, 6) is -0.232. The van der Waals surface area contributed by atoms with Crippen LogP contribution in [0.1, 0.15) is 32.5 Å².